The Bertz CT molecular complexity index is 1060. The van der Waals surface area contributed by atoms with Gasteiger partial charge in [-0.2, -0.15) is 0 Å². The number of esters is 3. The van der Waals surface area contributed by atoms with Gasteiger partial charge in [0.05, 0.1) is 21.3 Å². The topological polar surface area (TPSA) is 133 Å². The zero-order valence-electron chi connectivity index (χ0n) is 24.3. The molecular weight excluding hydrogens is 3390 g/mol. The van der Waals surface area contributed by atoms with E-state index in [-0.39, 0.29) is 11.7 Å². The van der Waals surface area contributed by atoms with E-state index in [1.807, 2.05) is 0 Å². The molecule has 314 valence electrons. The molecule has 0 unspecified atom stereocenters. The molecule has 2 aliphatic carbocycles. The van der Waals surface area contributed by atoms with E-state index in [2.05, 4.69) is 256 Å². The van der Waals surface area contributed by atoms with Gasteiger partial charge in [0.2, 0.25) is 5.76 Å². The minimum atomic E-state index is -0.979. The van der Waals surface area contributed by atoms with E-state index in [9.17, 15) is 24.0 Å². The van der Waals surface area contributed by atoms with E-state index < -0.39 is 111 Å². The number of aliphatic hydroxyl groups excluding tert-OH is 1. The van der Waals surface area contributed by atoms with Crippen LogP contribution in [0, 0.1) is 11.8 Å². The van der Waals surface area contributed by atoms with Crippen LogP contribution in [0.3, 0.4) is 0 Å². The molecule has 0 atom stereocenters. The van der Waals surface area contributed by atoms with Gasteiger partial charge in [-0.25, -0.2) is 14.4 Å². The monoisotopic (exact) mass is 3420 g/mol. The van der Waals surface area contributed by atoms with Crippen molar-refractivity contribution in [2.75, 3.05) is 21.3 Å². The van der Waals surface area contributed by atoms with Gasteiger partial charge >= 0.3 is 347 Å². The number of Topliss-reactive ketones (excluding diaryl/α,β-unsaturated/α-hetero) is 1. The average molecular weight is 3420 g/mol. The van der Waals surface area contributed by atoms with Gasteiger partial charge in [-0.1, -0.05) is 0 Å². The number of hydrogen-bond donors (Lipinski definition) is 1. The van der Waals surface area contributed by atoms with Crippen LogP contribution in [-0.2, 0) is 38.2 Å². The number of ether oxygens (including phenoxy) is 3. The van der Waals surface area contributed by atoms with Gasteiger partial charge < -0.3 is 19.3 Å². The summed E-state index contributed by atoms with van der Waals surface area (Å²) in [5.74, 6) is -2.80. The third kappa shape index (κ3) is 31.8. The van der Waals surface area contributed by atoms with Gasteiger partial charge in [0.1, 0.15) is 5.78 Å². The molecule has 0 saturated heterocycles. The van der Waals surface area contributed by atoms with Crippen molar-refractivity contribution in [3.8, 4) is 0 Å². The number of halogens is 24. The first-order valence-corrected chi connectivity index (χ1v) is 156. The minimum absolute atomic E-state index is 0.0109. The summed E-state index contributed by atoms with van der Waals surface area (Å²) in [4.78, 5) is 51.9. The number of carbonyl (C=O) groups excluding carboxylic acids is 5. The summed E-state index contributed by atoms with van der Waals surface area (Å²) in [6.07, 6.45) is 4.93. The Balaban J connectivity index is 0. The molecule has 0 aliphatic heterocycles. The molecule has 33 heteroatoms. The molecule has 50 heavy (non-hydrogen) atoms. The molecule has 0 amide bonds. The van der Waals surface area contributed by atoms with Crippen LogP contribution in [0.15, 0.2) is 11.8 Å². The van der Waals surface area contributed by atoms with E-state index >= 15 is 0 Å². The molecule has 2 rings (SSSR count). The summed E-state index contributed by atoms with van der Waals surface area (Å²) in [5.41, 5.74) is 0. The van der Waals surface area contributed by atoms with Crippen LogP contribution in [0.4, 0.5) is 0 Å². The Morgan fingerprint density at radius 1 is 0.500 bits per heavy atom. The molecule has 0 spiro atoms. The first-order chi connectivity index (χ1) is 23.0. The predicted molar refractivity (Wildman–Crippen MR) is 424 cm³/mol. The molecule has 1 N–H and O–H groups in total. The van der Waals surface area contributed by atoms with E-state index in [4.69, 9.17) is 5.11 Å². The first-order valence-electron chi connectivity index (χ1n) is 11.2. The summed E-state index contributed by atoms with van der Waals surface area (Å²) in [6, 6.07) is 0. The SMILES string of the molecule is CC(=O)C1CC1.COC(=O)/C(O)=C/C(=O)C1CC1.COC(=O)C(=O)OC.II(I)I(I)I(I)I(I)I(I)I(I)I(I)I(I)I(I)I(I)I(I)I. The third-order valence-corrected chi connectivity index (χ3v) is 1660. The van der Waals surface area contributed by atoms with Crippen LogP contribution in [-0.4, -0.2) is 55.9 Å². The van der Waals surface area contributed by atoms with Crippen molar-refractivity contribution in [2.24, 2.45) is 11.8 Å². The molecule has 2 aliphatic rings. The van der Waals surface area contributed by atoms with E-state index in [0.29, 0.717) is 11.7 Å². The second kappa shape index (κ2) is 39.5. The molecule has 2 fully saturated rings. The number of carbonyl (C=O) groups is 5. The maximum atomic E-state index is 11.0. The molecule has 0 bridgehead atoms. The average Bonchev–Trinajstić information content (AvgIpc) is 4.01. The maximum absolute atomic E-state index is 11.0. The fraction of sp³-hybridized carbons (Fsp3) is 0.588. The molecule has 9 nitrogen and oxygen atoms in total. The number of allylic oxidation sites excluding steroid dienone is 1. The second-order valence-corrected chi connectivity index (χ2v) is 543. The van der Waals surface area contributed by atoms with Gasteiger partial charge in [-0.15, -0.1) is 0 Å². The van der Waals surface area contributed by atoms with Gasteiger partial charge in [-0.05, 0) is 32.6 Å². The molecule has 0 aromatic carbocycles. The molecule has 0 aromatic rings. The zero-order chi connectivity index (χ0) is 39.6. The van der Waals surface area contributed by atoms with Crippen LogP contribution in [0.25, 0.3) is 0 Å². The quantitative estimate of drug-likeness (QED) is 0.0451. The van der Waals surface area contributed by atoms with Gasteiger partial charge in [0.25, 0.3) is 0 Å². The van der Waals surface area contributed by atoms with Crippen molar-refractivity contribution in [1.29, 1.82) is 0 Å². The van der Waals surface area contributed by atoms with Crippen molar-refractivity contribution in [2.45, 2.75) is 32.6 Å². The van der Waals surface area contributed by atoms with E-state index in [1.54, 1.807) is 6.92 Å². The summed E-state index contributed by atoms with van der Waals surface area (Å²) in [7, 11) is -1.39. The zero-order valence-corrected chi connectivity index (χ0v) is 76.1. The summed E-state index contributed by atoms with van der Waals surface area (Å²) >= 11 is 40.1. The van der Waals surface area contributed by atoms with Crippen LogP contribution >= 0.6 is 329 Å². The Morgan fingerprint density at radius 2 is 0.760 bits per heavy atom. The Morgan fingerprint density at radius 3 is 0.940 bits per heavy atom. The van der Waals surface area contributed by atoms with Crippen molar-refractivity contribution >= 4 is 358 Å². The van der Waals surface area contributed by atoms with Crippen molar-refractivity contribution in [3.63, 3.8) is 0 Å². The first kappa shape index (κ1) is 66.9. The van der Waals surface area contributed by atoms with Crippen LogP contribution in [0.2, 0.25) is 0 Å². The summed E-state index contributed by atoms with van der Waals surface area (Å²) < 4.78 is 12.2. The van der Waals surface area contributed by atoms with E-state index in [1.165, 1.54) is 0 Å². The Kier molecular flexibility index (Phi) is 52.9. The van der Waals surface area contributed by atoms with Gasteiger partial charge in [-0.3, -0.25) is 9.59 Å². The van der Waals surface area contributed by atoms with Crippen LogP contribution in [0.1, 0.15) is 32.6 Å². The Labute approximate surface area is 460 Å². The van der Waals surface area contributed by atoms with Crippen molar-refractivity contribution < 1.29 is 43.3 Å². The molecule has 0 aromatic heterocycles. The van der Waals surface area contributed by atoms with Gasteiger partial charge in [0, 0.05) is 17.9 Å². The Hall–Kier alpha value is 14.8. The summed E-state index contributed by atoms with van der Waals surface area (Å²) in [5, 5.41) is 8.93. The molecular formula is C17H24I24O9. The van der Waals surface area contributed by atoms with Gasteiger partial charge in [0.15, 0.2) is 5.78 Å². The number of ketones is 2. The van der Waals surface area contributed by atoms with Crippen molar-refractivity contribution in [1.82, 2.24) is 0 Å². The second-order valence-electron chi connectivity index (χ2n) is 7.35. The predicted octanol–water partition coefficient (Wildman–Crippen LogP) is 22.2. The van der Waals surface area contributed by atoms with Crippen LogP contribution < -0.4 is 0 Å². The molecule has 2 saturated carbocycles. The fourth-order valence-corrected chi connectivity index (χ4v) is 3770. The number of rotatable bonds is 14. The number of aliphatic hydroxyl groups is 1. The fourth-order valence-electron chi connectivity index (χ4n) is 1.72. The third-order valence-electron chi connectivity index (χ3n) is 4.16. The standard InChI is InChI=1S/C8H10O4.C5H8O.C4H6O4.I24/c1-12-8(11)7(10)4-6(9)5-2-3-5;1-4(6)5-2-3-5;1-7-3(5)4(6)8-2;1-14(2)16(5)18(7)20(9)22(11)24(13)23(12)21(10)19(8)17(6)15(3)4/h4-5,10H,2-3H2,1H3;5H,2-3H2,1H3;1-2H3;/b7-4-;;;. The molecule has 0 radical (unpaired) electrons. The van der Waals surface area contributed by atoms with Crippen LogP contribution in [0.5, 0.6) is 0 Å². The number of hydrogen-bond acceptors (Lipinski definition) is 9. The van der Waals surface area contributed by atoms with E-state index in [0.717, 1.165) is 53.1 Å². The van der Waals surface area contributed by atoms with Crippen molar-refractivity contribution in [3.05, 3.63) is 11.8 Å². The summed E-state index contributed by atoms with van der Waals surface area (Å²) in [6.45, 7) is 1.66. The molecule has 0 heterocycles. The number of methoxy groups -OCH3 is 3. The normalized spacial score (nSPS) is 16.6.